The summed E-state index contributed by atoms with van der Waals surface area (Å²) in [6.07, 6.45) is 0. The van der Waals surface area contributed by atoms with Gasteiger partial charge < -0.3 is 15.2 Å². The van der Waals surface area contributed by atoms with E-state index < -0.39 is 0 Å². The summed E-state index contributed by atoms with van der Waals surface area (Å²) in [7, 11) is 1.91. The molecule has 5 heteroatoms. The number of hydrogen-bond acceptors (Lipinski definition) is 4. The Bertz CT molecular complexity index is 578. The Labute approximate surface area is 105 Å². The van der Waals surface area contributed by atoms with Gasteiger partial charge in [-0.1, -0.05) is 0 Å². The van der Waals surface area contributed by atoms with E-state index in [0.717, 1.165) is 28.5 Å². The van der Waals surface area contributed by atoms with Crippen LogP contribution in [0.1, 0.15) is 5.69 Å². The largest absolute Gasteiger partial charge is 0.486 e. The van der Waals surface area contributed by atoms with Gasteiger partial charge in [-0.25, -0.2) is 0 Å². The zero-order valence-corrected chi connectivity index (χ0v) is 10.2. The third kappa shape index (κ3) is 1.82. The monoisotopic (exact) mass is 245 g/mol. The molecule has 18 heavy (non-hydrogen) atoms. The second kappa shape index (κ2) is 4.34. The van der Waals surface area contributed by atoms with E-state index in [4.69, 9.17) is 15.2 Å². The predicted molar refractivity (Wildman–Crippen MR) is 67.5 cm³/mol. The number of aryl methyl sites for hydroxylation is 1. The minimum atomic E-state index is 0.443. The molecule has 0 unspecified atom stereocenters. The Hall–Kier alpha value is -2.01. The SMILES string of the molecule is Cn1nc(CN)cc1-c1ccc2c(c1)OCCO2. The molecule has 94 valence electrons. The highest BCUT2D eigenvalue weighted by Crippen LogP contribution is 2.34. The number of fused-ring (bicyclic) bond motifs is 1. The van der Waals surface area contributed by atoms with Crippen LogP contribution < -0.4 is 15.2 Å². The second-order valence-corrected chi connectivity index (χ2v) is 4.21. The standard InChI is InChI=1S/C13H15N3O2/c1-16-11(7-10(8-14)15-16)9-2-3-12-13(6-9)18-5-4-17-12/h2-3,6-7H,4-5,8,14H2,1H3. The van der Waals surface area contributed by atoms with Crippen molar-refractivity contribution in [2.75, 3.05) is 13.2 Å². The first-order chi connectivity index (χ1) is 8.78. The van der Waals surface area contributed by atoms with E-state index in [-0.39, 0.29) is 0 Å². The number of nitrogens with two attached hydrogens (primary N) is 1. The first kappa shape index (κ1) is 11.1. The zero-order valence-electron chi connectivity index (χ0n) is 10.2. The first-order valence-corrected chi connectivity index (χ1v) is 5.91. The lowest BCUT2D eigenvalue weighted by atomic mass is 10.1. The van der Waals surface area contributed by atoms with Crippen LogP contribution in [0.4, 0.5) is 0 Å². The maximum absolute atomic E-state index is 5.60. The van der Waals surface area contributed by atoms with Gasteiger partial charge in [0.05, 0.1) is 11.4 Å². The third-order valence-electron chi connectivity index (χ3n) is 2.98. The smallest absolute Gasteiger partial charge is 0.162 e. The van der Waals surface area contributed by atoms with E-state index in [1.807, 2.05) is 36.0 Å². The highest BCUT2D eigenvalue weighted by Gasteiger charge is 2.14. The lowest BCUT2D eigenvalue weighted by molar-refractivity contribution is 0.171. The van der Waals surface area contributed by atoms with E-state index in [0.29, 0.717) is 19.8 Å². The molecule has 0 spiro atoms. The van der Waals surface area contributed by atoms with Gasteiger partial charge in [0, 0.05) is 19.2 Å². The summed E-state index contributed by atoms with van der Waals surface area (Å²) < 4.78 is 12.9. The average Bonchev–Trinajstić information content (AvgIpc) is 2.79. The molecule has 0 aliphatic carbocycles. The third-order valence-corrected chi connectivity index (χ3v) is 2.98. The molecule has 0 amide bonds. The molecule has 0 bridgehead atoms. The highest BCUT2D eigenvalue weighted by atomic mass is 16.6. The fourth-order valence-corrected chi connectivity index (χ4v) is 2.10. The summed E-state index contributed by atoms with van der Waals surface area (Å²) >= 11 is 0. The average molecular weight is 245 g/mol. The number of ether oxygens (including phenoxy) is 2. The lowest BCUT2D eigenvalue weighted by Crippen LogP contribution is -2.15. The molecule has 3 rings (SSSR count). The molecule has 1 aromatic carbocycles. The number of nitrogens with zero attached hydrogens (tertiary/aromatic N) is 2. The van der Waals surface area contributed by atoms with E-state index in [1.54, 1.807) is 0 Å². The van der Waals surface area contributed by atoms with Crippen LogP contribution in [0, 0.1) is 0 Å². The number of benzene rings is 1. The van der Waals surface area contributed by atoms with Gasteiger partial charge in [-0.15, -0.1) is 0 Å². The molecule has 2 aromatic rings. The molecule has 0 radical (unpaired) electrons. The molecule has 0 saturated carbocycles. The summed E-state index contributed by atoms with van der Waals surface area (Å²) in [6, 6.07) is 7.90. The van der Waals surface area contributed by atoms with Crippen LogP contribution in [-0.2, 0) is 13.6 Å². The molecular weight excluding hydrogens is 230 g/mol. The second-order valence-electron chi connectivity index (χ2n) is 4.21. The quantitative estimate of drug-likeness (QED) is 0.866. The van der Waals surface area contributed by atoms with E-state index in [2.05, 4.69) is 5.10 Å². The minimum absolute atomic E-state index is 0.443. The molecule has 1 aliphatic heterocycles. The van der Waals surface area contributed by atoms with Crippen LogP contribution >= 0.6 is 0 Å². The van der Waals surface area contributed by atoms with Crippen molar-refractivity contribution < 1.29 is 9.47 Å². The van der Waals surface area contributed by atoms with Crippen molar-refractivity contribution in [3.05, 3.63) is 30.0 Å². The van der Waals surface area contributed by atoms with Crippen molar-refractivity contribution in [2.24, 2.45) is 12.8 Å². The van der Waals surface area contributed by atoms with Crippen molar-refractivity contribution in [1.29, 1.82) is 0 Å². The van der Waals surface area contributed by atoms with E-state index in [9.17, 15) is 0 Å². The van der Waals surface area contributed by atoms with Crippen molar-refractivity contribution in [3.8, 4) is 22.8 Å². The fourth-order valence-electron chi connectivity index (χ4n) is 2.10. The summed E-state index contributed by atoms with van der Waals surface area (Å²) in [5.74, 6) is 1.58. The molecule has 2 N–H and O–H groups in total. The van der Waals surface area contributed by atoms with Crippen LogP contribution in [0.25, 0.3) is 11.3 Å². The van der Waals surface area contributed by atoms with Crippen molar-refractivity contribution >= 4 is 0 Å². The number of hydrogen-bond donors (Lipinski definition) is 1. The van der Waals surface area contributed by atoms with Gasteiger partial charge in [-0.3, -0.25) is 4.68 Å². The zero-order chi connectivity index (χ0) is 12.5. The Morgan fingerprint density at radius 2 is 2.00 bits per heavy atom. The van der Waals surface area contributed by atoms with Crippen LogP contribution in [0.3, 0.4) is 0 Å². The van der Waals surface area contributed by atoms with Gasteiger partial charge in [-0.05, 0) is 24.3 Å². The molecule has 1 aliphatic rings. The molecule has 1 aromatic heterocycles. The molecule has 0 saturated heterocycles. The maximum Gasteiger partial charge on any atom is 0.162 e. The Morgan fingerprint density at radius 1 is 1.22 bits per heavy atom. The molecule has 0 atom stereocenters. The maximum atomic E-state index is 5.60. The van der Waals surface area contributed by atoms with Crippen molar-refractivity contribution in [1.82, 2.24) is 9.78 Å². The number of rotatable bonds is 2. The van der Waals surface area contributed by atoms with Gasteiger partial charge in [0.1, 0.15) is 13.2 Å². The van der Waals surface area contributed by atoms with Gasteiger partial charge in [0.2, 0.25) is 0 Å². The van der Waals surface area contributed by atoms with Gasteiger partial charge >= 0.3 is 0 Å². The normalized spacial score (nSPS) is 13.7. The Balaban J connectivity index is 2.03. The first-order valence-electron chi connectivity index (χ1n) is 5.91. The van der Waals surface area contributed by atoms with Crippen LogP contribution in [0.15, 0.2) is 24.3 Å². The molecule has 5 nitrogen and oxygen atoms in total. The topological polar surface area (TPSA) is 62.3 Å². The van der Waals surface area contributed by atoms with Gasteiger partial charge in [-0.2, -0.15) is 5.10 Å². The molecular formula is C13H15N3O2. The van der Waals surface area contributed by atoms with Crippen molar-refractivity contribution in [3.63, 3.8) is 0 Å². The summed E-state index contributed by atoms with van der Waals surface area (Å²) in [4.78, 5) is 0. The Kier molecular flexibility index (Phi) is 2.68. The summed E-state index contributed by atoms with van der Waals surface area (Å²) in [5, 5.41) is 4.34. The van der Waals surface area contributed by atoms with Crippen LogP contribution in [0.5, 0.6) is 11.5 Å². The van der Waals surface area contributed by atoms with Crippen LogP contribution in [0.2, 0.25) is 0 Å². The Morgan fingerprint density at radius 3 is 2.72 bits per heavy atom. The van der Waals surface area contributed by atoms with E-state index >= 15 is 0 Å². The van der Waals surface area contributed by atoms with Gasteiger partial charge in [0.15, 0.2) is 11.5 Å². The fraction of sp³-hybridized carbons (Fsp3) is 0.308. The summed E-state index contributed by atoms with van der Waals surface area (Å²) in [6.45, 7) is 1.64. The molecule has 2 heterocycles. The molecule has 0 fully saturated rings. The van der Waals surface area contributed by atoms with Crippen LogP contribution in [-0.4, -0.2) is 23.0 Å². The van der Waals surface area contributed by atoms with E-state index in [1.165, 1.54) is 0 Å². The highest BCUT2D eigenvalue weighted by molar-refractivity contribution is 5.64. The minimum Gasteiger partial charge on any atom is -0.486 e. The predicted octanol–water partition coefficient (Wildman–Crippen LogP) is 1.32. The number of aromatic nitrogens is 2. The lowest BCUT2D eigenvalue weighted by Gasteiger charge is -2.18. The van der Waals surface area contributed by atoms with Gasteiger partial charge in [0.25, 0.3) is 0 Å². The summed E-state index contributed by atoms with van der Waals surface area (Å²) in [5.41, 5.74) is 8.55. The van der Waals surface area contributed by atoms with Crippen molar-refractivity contribution in [2.45, 2.75) is 6.54 Å².